The lowest BCUT2D eigenvalue weighted by Gasteiger charge is -2.22. The molecule has 2 rings (SSSR count). The Balaban J connectivity index is 1.63. The molecule has 1 aliphatic rings. The van der Waals surface area contributed by atoms with Crippen molar-refractivity contribution in [3.8, 4) is 0 Å². The molecule has 1 aromatic heterocycles. The van der Waals surface area contributed by atoms with Crippen molar-refractivity contribution < 1.29 is 14.3 Å². The number of unbranched alkanes of at least 4 members (excludes halogenated alkanes) is 1. The van der Waals surface area contributed by atoms with E-state index in [2.05, 4.69) is 27.8 Å². The van der Waals surface area contributed by atoms with Crippen LogP contribution in [-0.2, 0) is 27.2 Å². The Labute approximate surface area is 161 Å². The molecule has 7 nitrogen and oxygen atoms in total. The quantitative estimate of drug-likeness (QED) is 0.473. The first-order valence-corrected chi connectivity index (χ1v) is 9.72. The van der Waals surface area contributed by atoms with Crippen LogP contribution in [0.15, 0.2) is 12.1 Å². The summed E-state index contributed by atoms with van der Waals surface area (Å²) in [5.74, 6) is 0.400. The number of hydrogen-bond donors (Lipinski definition) is 3. The maximum atomic E-state index is 11.9. The molecule has 0 bridgehead atoms. The van der Waals surface area contributed by atoms with Crippen LogP contribution in [0.3, 0.4) is 0 Å². The Bertz CT molecular complexity index is 655. The van der Waals surface area contributed by atoms with Crippen LogP contribution < -0.4 is 16.4 Å². The number of nitrogens with two attached hydrogens (primary N) is 1. The van der Waals surface area contributed by atoms with E-state index in [-0.39, 0.29) is 12.5 Å². The molecule has 0 radical (unpaired) electrons. The van der Waals surface area contributed by atoms with Gasteiger partial charge in [-0.25, -0.2) is 4.98 Å². The fraction of sp³-hybridized carbons (Fsp3) is 0.650. The number of aryl methyl sites for hydroxylation is 2. The van der Waals surface area contributed by atoms with Gasteiger partial charge in [-0.1, -0.05) is 6.07 Å². The molecule has 0 saturated heterocycles. The van der Waals surface area contributed by atoms with Crippen molar-refractivity contribution >= 4 is 17.7 Å². The van der Waals surface area contributed by atoms with Crippen molar-refractivity contribution in [2.24, 2.45) is 5.73 Å². The second-order valence-corrected chi connectivity index (χ2v) is 7.99. The van der Waals surface area contributed by atoms with Gasteiger partial charge in [-0.05, 0) is 64.5 Å². The number of anilines is 1. The number of carbonyl (C=O) groups excluding carboxylic acids is 2. The van der Waals surface area contributed by atoms with Crippen LogP contribution in [0.4, 0.5) is 5.82 Å². The molecule has 1 atom stereocenters. The Kier molecular flexibility index (Phi) is 7.59. The summed E-state index contributed by atoms with van der Waals surface area (Å²) in [5, 5.41) is 6.04. The fourth-order valence-electron chi connectivity index (χ4n) is 2.87. The van der Waals surface area contributed by atoms with Gasteiger partial charge in [-0.3, -0.25) is 9.59 Å². The Morgan fingerprint density at radius 2 is 2.11 bits per heavy atom. The first-order valence-electron chi connectivity index (χ1n) is 9.72. The number of fused-ring (bicyclic) bond motifs is 1. The summed E-state index contributed by atoms with van der Waals surface area (Å²) < 4.78 is 5.19. The minimum absolute atomic E-state index is 0.0891. The third-order valence-electron chi connectivity index (χ3n) is 4.27. The summed E-state index contributed by atoms with van der Waals surface area (Å²) in [5.41, 5.74) is 7.51. The van der Waals surface area contributed by atoms with Gasteiger partial charge in [0.2, 0.25) is 5.91 Å². The third-order valence-corrected chi connectivity index (χ3v) is 4.27. The van der Waals surface area contributed by atoms with Crippen molar-refractivity contribution in [3.63, 3.8) is 0 Å². The highest BCUT2D eigenvalue weighted by Gasteiger charge is 2.22. The summed E-state index contributed by atoms with van der Waals surface area (Å²) >= 11 is 0. The molecule has 7 heteroatoms. The van der Waals surface area contributed by atoms with E-state index in [0.29, 0.717) is 6.42 Å². The number of carbonyl (C=O) groups is 2. The monoisotopic (exact) mass is 376 g/mol. The van der Waals surface area contributed by atoms with Crippen molar-refractivity contribution in [1.29, 1.82) is 0 Å². The molecule has 0 fully saturated rings. The first kappa shape index (κ1) is 21.2. The second kappa shape index (κ2) is 9.69. The van der Waals surface area contributed by atoms with Gasteiger partial charge >= 0.3 is 5.97 Å². The number of rotatable bonds is 8. The average molecular weight is 377 g/mol. The predicted octanol–water partition coefficient (Wildman–Crippen LogP) is 1.94. The highest BCUT2D eigenvalue weighted by atomic mass is 16.6. The molecule has 1 amide bonds. The molecule has 0 unspecified atom stereocenters. The van der Waals surface area contributed by atoms with E-state index in [1.807, 2.05) is 0 Å². The van der Waals surface area contributed by atoms with Gasteiger partial charge in [0.1, 0.15) is 17.5 Å². The summed E-state index contributed by atoms with van der Waals surface area (Å²) in [6.45, 7) is 6.41. The minimum Gasteiger partial charge on any atom is -0.459 e. The number of esters is 1. The van der Waals surface area contributed by atoms with Gasteiger partial charge < -0.3 is 21.1 Å². The fourth-order valence-corrected chi connectivity index (χ4v) is 2.87. The Morgan fingerprint density at radius 3 is 2.85 bits per heavy atom. The zero-order valence-electron chi connectivity index (χ0n) is 16.6. The molecule has 150 valence electrons. The number of amides is 1. The number of nitrogens with one attached hydrogen (secondary N) is 2. The van der Waals surface area contributed by atoms with Crippen molar-refractivity contribution in [3.05, 3.63) is 23.4 Å². The minimum atomic E-state index is -0.847. The molecule has 0 aliphatic carbocycles. The molecule has 0 aromatic carbocycles. The Hall–Kier alpha value is -2.15. The van der Waals surface area contributed by atoms with E-state index in [0.717, 1.165) is 50.2 Å². The molecule has 2 heterocycles. The lowest BCUT2D eigenvalue weighted by atomic mass is 10.1. The van der Waals surface area contributed by atoms with Gasteiger partial charge in [0.05, 0.1) is 0 Å². The second-order valence-electron chi connectivity index (χ2n) is 7.99. The van der Waals surface area contributed by atoms with Crippen molar-refractivity contribution in [2.75, 3.05) is 18.4 Å². The zero-order chi connectivity index (χ0) is 19.9. The van der Waals surface area contributed by atoms with E-state index in [9.17, 15) is 9.59 Å². The van der Waals surface area contributed by atoms with E-state index in [4.69, 9.17) is 10.5 Å². The summed E-state index contributed by atoms with van der Waals surface area (Å²) in [7, 11) is 0. The van der Waals surface area contributed by atoms with Crippen LogP contribution >= 0.6 is 0 Å². The van der Waals surface area contributed by atoms with Crippen LogP contribution in [0.1, 0.15) is 57.7 Å². The number of ether oxygens (including phenoxy) is 1. The van der Waals surface area contributed by atoms with E-state index >= 15 is 0 Å². The molecule has 1 aliphatic heterocycles. The summed E-state index contributed by atoms with van der Waals surface area (Å²) in [4.78, 5) is 28.4. The molecule has 0 saturated carbocycles. The summed E-state index contributed by atoms with van der Waals surface area (Å²) in [6, 6.07) is 3.38. The third kappa shape index (κ3) is 7.54. The molecule has 0 spiro atoms. The lowest BCUT2D eigenvalue weighted by molar-refractivity contribution is -0.156. The summed E-state index contributed by atoms with van der Waals surface area (Å²) in [6.07, 6.45) is 5.14. The van der Waals surface area contributed by atoms with Gasteiger partial charge in [-0.2, -0.15) is 0 Å². The predicted molar refractivity (Wildman–Crippen MR) is 105 cm³/mol. The number of nitrogens with zero attached hydrogens (tertiary/aromatic N) is 1. The van der Waals surface area contributed by atoms with Gasteiger partial charge in [0.25, 0.3) is 0 Å². The molecule has 27 heavy (non-hydrogen) atoms. The van der Waals surface area contributed by atoms with Crippen LogP contribution in [0, 0.1) is 0 Å². The van der Waals surface area contributed by atoms with E-state index in [1.165, 1.54) is 5.56 Å². The number of aromatic nitrogens is 1. The van der Waals surface area contributed by atoms with Gasteiger partial charge in [0.15, 0.2) is 0 Å². The topological polar surface area (TPSA) is 106 Å². The average Bonchev–Trinajstić information content (AvgIpc) is 2.61. The molecule has 4 N–H and O–H groups in total. The lowest BCUT2D eigenvalue weighted by Crippen LogP contribution is -2.45. The molecular formula is C20H32N4O3. The highest BCUT2D eigenvalue weighted by molar-refractivity contribution is 5.79. The van der Waals surface area contributed by atoms with Gasteiger partial charge in [-0.15, -0.1) is 0 Å². The normalized spacial score (nSPS) is 14.7. The first-order chi connectivity index (χ1) is 12.7. The van der Waals surface area contributed by atoms with Gasteiger partial charge in [0, 0.05) is 25.2 Å². The Morgan fingerprint density at radius 1 is 1.33 bits per heavy atom. The smallest absolute Gasteiger partial charge is 0.325 e. The van der Waals surface area contributed by atoms with Crippen molar-refractivity contribution in [2.45, 2.75) is 70.9 Å². The standard InChI is InChI=1S/C20H32N4O3/c1-20(2,3)27-19(26)16(21)13-23-17(25)9-5-4-8-15-11-10-14-7-6-12-22-18(14)24-15/h10-11,16H,4-9,12-13,21H2,1-3H3,(H,22,24)(H,23,25)/t16-/m0/s1. The number of pyridine rings is 1. The van der Waals surface area contributed by atoms with Crippen LogP contribution in [0.25, 0.3) is 0 Å². The van der Waals surface area contributed by atoms with E-state index < -0.39 is 17.6 Å². The van der Waals surface area contributed by atoms with Crippen molar-refractivity contribution in [1.82, 2.24) is 10.3 Å². The molecule has 1 aromatic rings. The van der Waals surface area contributed by atoms with Crippen LogP contribution in [-0.4, -0.2) is 41.6 Å². The molecular weight excluding hydrogens is 344 g/mol. The maximum Gasteiger partial charge on any atom is 0.325 e. The van der Waals surface area contributed by atoms with Crippen LogP contribution in [0.2, 0.25) is 0 Å². The highest BCUT2D eigenvalue weighted by Crippen LogP contribution is 2.20. The number of hydrogen-bond acceptors (Lipinski definition) is 6. The zero-order valence-corrected chi connectivity index (χ0v) is 16.6. The SMILES string of the molecule is CC(C)(C)OC(=O)[C@@H](N)CNC(=O)CCCCc1ccc2c(n1)NCCC2. The maximum absolute atomic E-state index is 11.9. The van der Waals surface area contributed by atoms with Crippen LogP contribution in [0.5, 0.6) is 0 Å². The largest absolute Gasteiger partial charge is 0.459 e. The van der Waals surface area contributed by atoms with E-state index in [1.54, 1.807) is 20.8 Å².